The van der Waals surface area contributed by atoms with Crippen LogP contribution in [0.25, 0.3) is 10.9 Å². The zero-order valence-electron chi connectivity index (χ0n) is 13.4. The van der Waals surface area contributed by atoms with Crippen molar-refractivity contribution < 1.29 is 9.53 Å². The van der Waals surface area contributed by atoms with E-state index in [0.717, 1.165) is 35.2 Å². The number of aryl methyl sites for hydroxylation is 1. The number of esters is 1. The Labute approximate surface area is 136 Å². The van der Waals surface area contributed by atoms with Crippen LogP contribution in [-0.2, 0) is 4.74 Å². The Morgan fingerprint density at radius 2 is 1.95 bits per heavy atom. The molecule has 0 bridgehead atoms. The highest BCUT2D eigenvalue weighted by Crippen LogP contribution is 2.34. The number of carbonyl (C=O) groups excluding carboxylic acids is 1. The second-order valence-corrected chi connectivity index (χ2v) is 5.39. The molecule has 1 aromatic heterocycles. The Hall–Kier alpha value is -1.81. The highest BCUT2D eigenvalue weighted by Gasteiger charge is 2.21. The molecule has 0 aliphatic carbocycles. The highest BCUT2D eigenvalue weighted by molar-refractivity contribution is 6.32. The number of hydrogen-bond donors (Lipinski definition) is 0. The topological polar surface area (TPSA) is 42.4 Å². The van der Waals surface area contributed by atoms with Gasteiger partial charge >= 0.3 is 5.97 Å². The normalized spacial score (nSPS) is 10.8. The molecule has 22 heavy (non-hydrogen) atoms. The molecular formula is C17H21ClN2O2. The summed E-state index contributed by atoms with van der Waals surface area (Å²) < 4.78 is 5.18. The lowest BCUT2D eigenvalue weighted by Crippen LogP contribution is -2.25. The molecule has 2 rings (SSSR count). The van der Waals surface area contributed by atoms with Gasteiger partial charge in [-0.15, -0.1) is 0 Å². The third kappa shape index (κ3) is 2.88. The zero-order valence-corrected chi connectivity index (χ0v) is 14.2. The molecule has 1 aromatic carbocycles. The average Bonchev–Trinajstić information content (AvgIpc) is 2.52. The number of benzene rings is 1. The maximum absolute atomic E-state index is 12.3. The minimum Gasteiger partial charge on any atom is -0.462 e. The number of anilines is 1. The van der Waals surface area contributed by atoms with Crippen LogP contribution in [0.5, 0.6) is 0 Å². The predicted molar refractivity (Wildman–Crippen MR) is 91.0 cm³/mol. The van der Waals surface area contributed by atoms with E-state index in [0.29, 0.717) is 17.2 Å². The van der Waals surface area contributed by atoms with Crippen molar-refractivity contribution in [1.82, 2.24) is 4.98 Å². The van der Waals surface area contributed by atoms with Gasteiger partial charge in [-0.2, -0.15) is 0 Å². The first kappa shape index (κ1) is 16.6. The van der Waals surface area contributed by atoms with Gasteiger partial charge in [0, 0.05) is 29.7 Å². The fourth-order valence-corrected chi connectivity index (χ4v) is 2.76. The lowest BCUT2D eigenvalue weighted by molar-refractivity contribution is 0.0527. The molecule has 0 saturated carbocycles. The number of nitrogens with zero attached hydrogens (tertiary/aromatic N) is 2. The Bertz CT molecular complexity index is 697. The second-order valence-electron chi connectivity index (χ2n) is 4.98. The molecule has 0 N–H and O–H groups in total. The molecule has 0 radical (unpaired) electrons. The summed E-state index contributed by atoms with van der Waals surface area (Å²) >= 11 is 6.19. The molecule has 0 atom stereocenters. The molecule has 0 fully saturated rings. The van der Waals surface area contributed by atoms with Crippen LogP contribution in [0, 0.1) is 6.92 Å². The summed E-state index contributed by atoms with van der Waals surface area (Å²) in [5, 5.41) is 1.60. The van der Waals surface area contributed by atoms with Crippen molar-refractivity contribution in [3.8, 4) is 0 Å². The van der Waals surface area contributed by atoms with Gasteiger partial charge in [0.05, 0.1) is 17.8 Å². The SMILES string of the molecule is CCOC(=O)c1cnc2c(C)c(Cl)ccc2c1N(CC)CC. The number of aromatic nitrogens is 1. The number of halogens is 1. The first-order valence-electron chi connectivity index (χ1n) is 7.54. The number of rotatable bonds is 5. The summed E-state index contributed by atoms with van der Waals surface area (Å²) in [6.07, 6.45) is 1.59. The number of pyridine rings is 1. The van der Waals surface area contributed by atoms with Crippen LogP contribution in [0.4, 0.5) is 5.69 Å². The van der Waals surface area contributed by atoms with Gasteiger partial charge in [0.2, 0.25) is 0 Å². The highest BCUT2D eigenvalue weighted by atomic mass is 35.5. The predicted octanol–water partition coefficient (Wildman–Crippen LogP) is 4.22. The second kappa shape index (κ2) is 6.97. The average molecular weight is 321 g/mol. The van der Waals surface area contributed by atoms with E-state index >= 15 is 0 Å². The number of ether oxygens (including phenoxy) is 1. The van der Waals surface area contributed by atoms with Crippen LogP contribution in [0.15, 0.2) is 18.3 Å². The molecule has 0 aliphatic heterocycles. The van der Waals surface area contributed by atoms with Crippen molar-refractivity contribution in [3.05, 3.63) is 34.5 Å². The Morgan fingerprint density at radius 3 is 2.55 bits per heavy atom. The van der Waals surface area contributed by atoms with E-state index in [-0.39, 0.29) is 5.97 Å². The van der Waals surface area contributed by atoms with Gasteiger partial charge in [-0.25, -0.2) is 4.79 Å². The molecule has 2 aromatic rings. The summed E-state index contributed by atoms with van der Waals surface area (Å²) in [6.45, 7) is 9.80. The Balaban J connectivity index is 2.78. The van der Waals surface area contributed by atoms with E-state index in [4.69, 9.17) is 16.3 Å². The van der Waals surface area contributed by atoms with Gasteiger partial charge in [-0.1, -0.05) is 11.6 Å². The maximum atomic E-state index is 12.3. The van der Waals surface area contributed by atoms with Gasteiger partial charge in [-0.05, 0) is 45.4 Å². The molecule has 0 amide bonds. The molecule has 0 saturated heterocycles. The van der Waals surface area contributed by atoms with Crippen molar-refractivity contribution >= 4 is 34.2 Å². The van der Waals surface area contributed by atoms with Crippen molar-refractivity contribution in [1.29, 1.82) is 0 Å². The molecular weight excluding hydrogens is 300 g/mol. The van der Waals surface area contributed by atoms with Gasteiger partial charge in [0.1, 0.15) is 5.56 Å². The minimum absolute atomic E-state index is 0.341. The largest absolute Gasteiger partial charge is 0.462 e. The summed E-state index contributed by atoms with van der Waals surface area (Å²) in [5.41, 5.74) is 3.11. The van der Waals surface area contributed by atoms with Crippen LogP contribution in [0.2, 0.25) is 5.02 Å². The van der Waals surface area contributed by atoms with Gasteiger partial charge in [-0.3, -0.25) is 4.98 Å². The molecule has 1 heterocycles. The third-order valence-electron chi connectivity index (χ3n) is 3.77. The quantitative estimate of drug-likeness (QED) is 0.774. The van der Waals surface area contributed by atoms with E-state index in [2.05, 4.69) is 23.7 Å². The van der Waals surface area contributed by atoms with E-state index in [1.165, 1.54) is 0 Å². The standard InChI is InChI=1S/C17H21ClN2O2/c1-5-20(6-2)16-12-8-9-14(18)11(4)15(12)19-10-13(16)17(21)22-7-3/h8-10H,5-7H2,1-4H3. The van der Waals surface area contributed by atoms with Crippen molar-refractivity contribution in [3.63, 3.8) is 0 Å². The fraction of sp³-hybridized carbons (Fsp3) is 0.412. The lowest BCUT2D eigenvalue weighted by Gasteiger charge is -2.25. The Kier molecular flexibility index (Phi) is 5.24. The first-order chi connectivity index (χ1) is 10.5. The molecule has 0 aliphatic rings. The van der Waals surface area contributed by atoms with Crippen LogP contribution in [0.1, 0.15) is 36.7 Å². The first-order valence-corrected chi connectivity index (χ1v) is 7.92. The zero-order chi connectivity index (χ0) is 16.3. The third-order valence-corrected chi connectivity index (χ3v) is 4.18. The lowest BCUT2D eigenvalue weighted by atomic mass is 10.0. The van der Waals surface area contributed by atoms with E-state index in [1.54, 1.807) is 13.1 Å². The van der Waals surface area contributed by atoms with E-state index in [9.17, 15) is 4.79 Å². The van der Waals surface area contributed by atoms with E-state index in [1.807, 2.05) is 19.1 Å². The Morgan fingerprint density at radius 1 is 1.27 bits per heavy atom. The fourth-order valence-electron chi connectivity index (χ4n) is 2.61. The molecule has 118 valence electrons. The van der Waals surface area contributed by atoms with Crippen LogP contribution in [-0.4, -0.2) is 30.6 Å². The van der Waals surface area contributed by atoms with Crippen molar-refractivity contribution in [2.24, 2.45) is 0 Å². The number of fused-ring (bicyclic) bond motifs is 1. The summed E-state index contributed by atoms with van der Waals surface area (Å²) in [7, 11) is 0. The van der Waals surface area contributed by atoms with Crippen LogP contribution < -0.4 is 4.90 Å². The van der Waals surface area contributed by atoms with Gasteiger partial charge in [0.15, 0.2) is 0 Å². The maximum Gasteiger partial charge on any atom is 0.341 e. The smallest absolute Gasteiger partial charge is 0.341 e. The summed E-state index contributed by atoms with van der Waals surface area (Å²) in [5.74, 6) is -0.341. The molecule has 4 nitrogen and oxygen atoms in total. The van der Waals surface area contributed by atoms with Crippen LogP contribution >= 0.6 is 11.6 Å². The number of carbonyl (C=O) groups is 1. The van der Waals surface area contributed by atoms with Crippen LogP contribution in [0.3, 0.4) is 0 Å². The molecule has 0 spiro atoms. The van der Waals surface area contributed by atoms with E-state index < -0.39 is 0 Å². The molecule has 5 heteroatoms. The van der Waals surface area contributed by atoms with Crippen molar-refractivity contribution in [2.45, 2.75) is 27.7 Å². The summed E-state index contributed by atoms with van der Waals surface area (Å²) in [6, 6.07) is 3.77. The molecule has 0 unspecified atom stereocenters. The van der Waals surface area contributed by atoms with Crippen molar-refractivity contribution in [2.75, 3.05) is 24.6 Å². The summed E-state index contributed by atoms with van der Waals surface area (Å²) in [4.78, 5) is 18.9. The monoisotopic (exact) mass is 320 g/mol. The minimum atomic E-state index is -0.341. The van der Waals surface area contributed by atoms with Gasteiger partial charge < -0.3 is 9.64 Å². The number of hydrogen-bond acceptors (Lipinski definition) is 4. The van der Waals surface area contributed by atoms with Gasteiger partial charge in [0.25, 0.3) is 0 Å².